The van der Waals surface area contributed by atoms with Gasteiger partial charge in [0, 0.05) is 5.38 Å². The molecule has 1 aliphatic rings. The van der Waals surface area contributed by atoms with Crippen LogP contribution in [0.15, 0.2) is 0 Å². The minimum absolute atomic E-state index is 0.348. The maximum absolute atomic E-state index is 6.41. The quantitative estimate of drug-likeness (QED) is 0.349. The minimum Gasteiger partial charge on any atom is -0.375 e. The molecule has 0 saturated carbocycles. The van der Waals surface area contributed by atoms with Crippen molar-refractivity contribution in [1.29, 1.82) is 0 Å². The Morgan fingerprint density at radius 2 is 1.26 bits per heavy atom. The Morgan fingerprint density at radius 1 is 0.789 bits per heavy atom. The van der Waals surface area contributed by atoms with Gasteiger partial charge in [0.05, 0.1) is 12.2 Å². The van der Waals surface area contributed by atoms with Crippen LogP contribution in [-0.4, -0.2) is 17.6 Å². The summed E-state index contributed by atoms with van der Waals surface area (Å²) in [4.78, 5) is 0. The molecule has 1 aliphatic heterocycles. The maximum atomic E-state index is 6.41. The fraction of sp³-hybridized carbons (Fsp3) is 1.00. The van der Waals surface area contributed by atoms with Gasteiger partial charge in [-0.2, -0.15) is 0 Å². The van der Waals surface area contributed by atoms with Gasteiger partial charge in [0.1, 0.15) is 0 Å². The summed E-state index contributed by atoms with van der Waals surface area (Å²) in [6.45, 7) is 4.52. The summed E-state index contributed by atoms with van der Waals surface area (Å²) in [6, 6.07) is 0. The highest BCUT2D eigenvalue weighted by Crippen LogP contribution is 2.29. The van der Waals surface area contributed by atoms with Gasteiger partial charge in [-0.3, -0.25) is 0 Å². The van der Waals surface area contributed by atoms with E-state index >= 15 is 0 Å². The molecule has 19 heavy (non-hydrogen) atoms. The smallest absolute Gasteiger partial charge is 0.0593 e. The molecule has 0 radical (unpaired) electrons. The van der Waals surface area contributed by atoms with Crippen LogP contribution in [0.4, 0.5) is 0 Å². The van der Waals surface area contributed by atoms with Gasteiger partial charge in [-0.25, -0.2) is 0 Å². The number of unbranched alkanes of at least 4 members (excludes halogenated alkanes) is 6. The van der Waals surface area contributed by atoms with E-state index in [9.17, 15) is 0 Å². The highest BCUT2D eigenvalue weighted by molar-refractivity contribution is 6.20. The molecule has 0 aromatic heterocycles. The summed E-state index contributed by atoms with van der Waals surface area (Å²) in [5, 5.41) is 0.348. The average Bonchev–Trinajstić information content (AvgIpc) is 2.39. The number of alkyl halides is 1. The van der Waals surface area contributed by atoms with Crippen molar-refractivity contribution in [2.45, 2.75) is 108 Å². The van der Waals surface area contributed by atoms with Gasteiger partial charge in [-0.05, 0) is 25.7 Å². The Hall–Kier alpha value is 0.250. The molecule has 114 valence electrons. The number of hydrogen-bond acceptors (Lipinski definition) is 1. The van der Waals surface area contributed by atoms with Crippen molar-refractivity contribution < 1.29 is 4.74 Å². The molecule has 0 N–H and O–H groups in total. The van der Waals surface area contributed by atoms with E-state index in [1.54, 1.807) is 0 Å². The van der Waals surface area contributed by atoms with Crippen molar-refractivity contribution >= 4 is 11.6 Å². The Kier molecular flexibility index (Phi) is 9.99. The summed E-state index contributed by atoms with van der Waals surface area (Å²) >= 11 is 6.41. The Balaban J connectivity index is 2.16. The summed E-state index contributed by atoms with van der Waals surface area (Å²) in [7, 11) is 0. The third-order valence-electron chi connectivity index (χ3n) is 4.18. The first-order valence-corrected chi connectivity index (χ1v) is 8.99. The van der Waals surface area contributed by atoms with Crippen LogP contribution < -0.4 is 0 Å². The van der Waals surface area contributed by atoms with Crippen molar-refractivity contribution in [3.8, 4) is 0 Å². The van der Waals surface area contributed by atoms with Crippen LogP contribution in [0.3, 0.4) is 0 Å². The van der Waals surface area contributed by atoms with Crippen molar-refractivity contribution in [2.24, 2.45) is 0 Å². The first-order valence-electron chi connectivity index (χ1n) is 8.55. The largest absolute Gasteiger partial charge is 0.375 e. The molecule has 1 saturated heterocycles. The van der Waals surface area contributed by atoms with E-state index in [-0.39, 0.29) is 0 Å². The lowest BCUT2D eigenvalue weighted by Crippen LogP contribution is -2.33. The molecule has 3 atom stereocenters. The van der Waals surface area contributed by atoms with Gasteiger partial charge in [0.2, 0.25) is 0 Å². The Labute approximate surface area is 125 Å². The third kappa shape index (κ3) is 8.19. The van der Waals surface area contributed by atoms with Crippen LogP contribution in [-0.2, 0) is 4.74 Å². The fourth-order valence-corrected chi connectivity index (χ4v) is 3.42. The van der Waals surface area contributed by atoms with Gasteiger partial charge in [-0.15, -0.1) is 11.6 Å². The van der Waals surface area contributed by atoms with Crippen molar-refractivity contribution in [3.05, 3.63) is 0 Å². The molecule has 2 heteroatoms. The van der Waals surface area contributed by atoms with Gasteiger partial charge in [-0.1, -0.05) is 65.2 Å². The van der Waals surface area contributed by atoms with Crippen LogP contribution in [0.25, 0.3) is 0 Å². The molecule has 0 aromatic carbocycles. The van der Waals surface area contributed by atoms with E-state index in [0.717, 1.165) is 12.8 Å². The second-order valence-electron chi connectivity index (χ2n) is 6.15. The number of rotatable bonds is 10. The van der Waals surface area contributed by atoms with Crippen LogP contribution in [0.5, 0.6) is 0 Å². The van der Waals surface area contributed by atoms with Gasteiger partial charge >= 0.3 is 0 Å². The summed E-state index contributed by atoms with van der Waals surface area (Å²) < 4.78 is 6.23. The Bertz CT molecular complexity index is 187. The highest BCUT2D eigenvalue weighted by Gasteiger charge is 2.27. The zero-order valence-electron chi connectivity index (χ0n) is 13.0. The third-order valence-corrected chi connectivity index (χ3v) is 4.54. The first kappa shape index (κ1) is 17.3. The molecule has 1 fully saturated rings. The topological polar surface area (TPSA) is 9.23 Å². The molecular formula is C17H33ClO. The predicted molar refractivity (Wildman–Crippen MR) is 85.1 cm³/mol. The van der Waals surface area contributed by atoms with Crippen LogP contribution >= 0.6 is 11.6 Å². The molecule has 0 aromatic rings. The second-order valence-corrected chi connectivity index (χ2v) is 6.76. The molecular weight excluding hydrogens is 256 g/mol. The second kappa shape index (κ2) is 11.0. The van der Waals surface area contributed by atoms with E-state index in [4.69, 9.17) is 16.3 Å². The molecule has 0 bridgehead atoms. The predicted octanol–water partition coefficient (Wildman–Crippen LogP) is 6.08. The molecule has 0 spiro atoms. The fourth-order valence-electron chi connectivity index (χ4n) is 3.02. The molecule has 0 aliphatic carbocycles. The number of hydrogen-bond donors (Lipinski definition) is 0. The van der Waals surface area contributed by atoms with Crippen LogP contribution in [0.1, 0.15) is 90.9 Å². The van der Waals surface area contributed by atoms with E-state index in [0.29, 0.717) is 17.6 Å². The first-order chi connectivity index (χ1) is 9.26. The lowest BCUT2D eigenvalue weighted by Gasteiger charge is -2.33. The van der Waals surface area contributed by atoms with Gasteiger partial charge in [0.15, 0.2) is 0 Å². The van der Waals surface area contributed by atoms with Crippen molar-refractivity contribution in [2.75, 3.05) is 0 Å². The Morgan fingerprint density at radius 3 is 1.68 bits per heavy atom. The van der Waals surface area contributed by atoms with Crippen molar-refractivity contribution in [1.82, 2.24) is 0 Å². The van der Waals surface area contributed by atoms with Crippen LogP contribution in [0.2, 0.25) is 0 Å². The summed E-state index contributed by atoms with van der Waals surface area (Å²) in [5.41, 5.74) is 0. The number of ether oxygens (including phenoxy) is 1. The minimum atomic E-state index is 0.348. The standard InChI is InChI=1S/C17H33ClO/c1-3-5-7-9-11-16-13-15(18)14-17(19-16)12-10-8-6-4-2/h15-17H,3-14H2,1-2H3/t15?,16-,17+. The molecule has 1 nitrogen and oxygen atoms in total. The molecule has 0 amide bonds. The highest BCUT2D eigenvalue weighted by atomic mass is 35.5. The zero-order valence-corrected chi connectivity index (χ0v) is 13.8. The maximum Gasteiger partial charge on any atom is 0.0593 e. The molecule has 1 rings (SSSR count). The lowest BCUT2D eigenvalue weighted by molar-refractivity contribution is -0.0561. The molecule has 1 unspecified atom stereocenters. The van der Waals surface area contributed by atoms with E-state index in [2.05, 4.69) is 13.8 Å². The van der Waals surface area contributed by atoms with E-state index < -0.39 is 0 Å². The van der Waals surface area contributed by atoms with E-state index in [1.165, 1.54) is 64.2 Å². The zero-order chi connectivity index (χ0) is 13.9. The summed E-state index contributed by atoms with van der Waals surface area (Å²) in [6.07, 6.45) is 16.1. The monoisotopic (exact) mass is 288 g/mol. The van der Waals surface area contributed by atoms with Crippen LogP contribution in [0, 0.1) is 0 Å². The average molecular weight is 289 g/mol. The lowest BCUT2D eigenvalue weighted by atomic mass is 9.96. The molecule has 1 heterocycles. The normalized spacial score (nSPS) is 27.6. The van der Waals surface area contributed by atoms with Gasteiger partial charge < -0.3 is 4.74 Å². The summed E-state index contributed by atoms with van der Waals surface area (Å²) in [5.74, 6) is 0. The number of halogens is 1. The van der Waals surface area contributed by atoms with Gasteiger partial charge in [0.25, 0.3) is 0 Å². The van der Waals surface area contributed by atoms with Crippen molar-refractivity contribution in [3.63, 3.8) is 0 Å². The SMILES string of the molecule is CCCCCC[C@@H]1CC(Cl)C[C@H](CCCCCC)O1. The van der Waals surface area contributed by atoms with E-state index in [1.807, 2.05) is 0 Å².